The third-order valence-electron chi connectivity index (χ3n) is 3.03. The van der Waals surface area contributed by atoms with Gasteiger partial charge in [-0.15, -0.1) is 0 Å². The normalized spacial score (nSPS) is 11.1. The second kappa shape index (κ2) is 5.90. The monoisotopic (exact) mass is 313 g/mol. The maximum absolute atomic E-state index is 11.0. The van der Waals surface area contributed by atoms with E-state index in [2.05, 4.69) is 9.98 Å². The molecular weight excluding hydrogens is 302 g/mol. The first-order valence-corrected chi connectivity index (χ1v) is 7.21. The summed E-state index contributed by atoms with van der Waals surface area (Å²) in [4.78, 5) is 19.2. The van der Waals surface area contributed by atoms with Gasteiger partial charge in [0.25, 0.3) is 5.69 Å². The number of aromatic nitrogens is 1. The van der Waals surface area contributed by atoms with Crippen molar-refractivity contribution in [3.8, 4) is 5.75 Å². The van der Waals surface area contributed by atoms with Crippen molar-refractivity contribution < 1.29 is 9.66 Å². The molecule has 6 nitrogen and oxygen atoms in total. The van der Waals surface area contributed by atoms with Crippen LogP contribution in [-0.4, -0.2) is 23.2 Å². The summed E-state index contributed by atoms with van der Waals surface area (Å²) >= 11 is 1.40. The Labute approximate surface area is 129 Å². The van der Waals surface area contributed by atoms with Gasteiger partial charge < -0.3 is 4.74 Å². The highest BCUT2D eigenvalue weighted by atomic mass is 32.1. The number of hydrogen-bond acceptors (Lipinski definition) is 6. The highest BCUT2D eigenvalue weighted by Gasteiger charge is 2.10. The largest absolute Gasteiger partial charge is 0.497 e. The van der Waals surface area contributed by atoms with Gasteiger partial charge in [-0.1, -0.05) is 23.5 Å². The van der Waals surface area contributed by atoms with E-state index in [0.717, 1.165) is 16.0 Å². The zero-order valence-electron chi connectivity index (χ0n) is 11.6. The van der Waals surface area contributed by atoms with Crippen LogP contribution in [0.25, 0.3) is 10.2 Å². The molecule has 3 aromatic rings. The van der Waals surface area contributed by atoms with Crippen molar-refractivity contribution in [1.29, 1.82) is 0 Å². The first kappa shape index (κ1) is 14.2. The van der Waals surface area contributed by atoms with Crippen LogP contribution in [0.3, 0.4) is 0 Å². The van der Waals surface area contributed by atoms with Crippen LogP contribution < -0.4 is 4.74 Å². The van der Waals surface area contributed by atoms with Crippen molar-refractivity contribution in [1.82, 2.24) is 4.98 Å². The fourth-order valence-electron chi connectivity index (χ4n) is 1.96. The van der Waals surface area contributed by atoms with Crippen molar-refractivity contribution >= 4 is 38.6 Å². The Balaban J connectivity index is 1.94. The molecule has 22 heavy (non-hydrogen) atoms. The number of thiazole rings is 1. The Kier molecular flexibility index (Phi) is 3.80. The standard InChI is InChI=1S/C15H11N3O3S/c1-21-11-6-7-12-14(8-11)22-15(17-12)16-9-10-4-2-3-5-13(10)18(19)20/h2-9H,1H3/b16-9+. The summed E-state index contributed by atoms with van der Waals surface area (Å²) in [5.74, 6) is 0.755. The minimum absolute atomic E-state index is 0.0223. The number of aliphatic imine (C=N–C) groups is 1. The van der Waals surface area contributed by atoms with E-state index in [4.69, 9.17) is 4.74 Å². The molecule has 0 fully saturated rings. The fraction of sp³-hybridized carbons (Fsp3) is 0.0667. The Morgan fingerprint density at radius 2 is 2.14 bits per heavy atom. The number of methoxy groups -OCH3 is 1. The smallest absolute Gasteiger partial charge is 0.278 e. The molecule has 0 aliphatic carbocycles. The van der Waals surface area contributed by atoms with Gasteiger partial charge in [-0.05, 0) is 24.3 Å². The van der Waals surface area contributed by atoms with Gasteiger partial charge in [0.2, 0.25) is 5.13 Å². The summed E-state index contributed by atoms with van der Waals surface area (Å²) in [5, 5.41) is 11.5. The maximum Gasteiger partial charge on any atom is 0.278 e. The van der Waals surface area contributed by atoms with Gasteiger partial charge >= 0.3 is 0 Å². The predicted octanol–water partition coefficient (Wildman–Crippen LogP) is 3.96. The number of hydrogen-bond donors (Lipinski definition) is 0. The van der Waals surface area contributed by atoms with E-state index in [9.17, 15) is 10.1 Å². The molecular formula is C15H11N3O3S. The number of benzene rings is 2. The molecule has 0 aliphatic rings. The lowest BCUT2D eigenvalue weighted by atomic mass is 10.2. The lowest BCUT2D eigenvalue weighted by Crippen LogP contribution is -1.93. The molecule has 0 bridgehead atoms. The molecule has 0 radical (unpaired) electrons. The molecule has 2 aromatic carbocycles. The minimum atomic E-state index is -0.426. The minimum Gasteiger partial charge on any atom is -0.497 e. The third-order valence-corrected chi connectivity index (χ3v) is 3.96. The van der Waals surface area contributed by atoms with E-state index in [0.29, 0.717) is 10.7 Å². The Bertz CT molecular complexity index is 873. The van der Waals surface area contributed by atoms with Crippen LogP contribution >= 0.6 is 11.3 Å². The Morgan fingerprint density at radius 3 is 2.91 bits per heavy atom. The van der Waals surface area contributed by atoms with Crippen molar-refractivity contribution in [3.63, 3.8) is 0 Å². The average molecular weight is 313 g/mol. The summed E-state index contributed by atoms with van der Waals surface area (Å²) in [5.41, 5.74) is 1.29. The topological polar surface area (TPSA) is 77.6 Å². The average Bonchev–Trinajstić information content (AvgIpc) is 2.94. The molecule has 0 N–H and O–H groups in total. The van der Waals surface area contributed by atoms with Crippen molar-refractivity contribution in [2.24, 2.45) is 4.99 Å². The number of nitro benzene ring substituents is 1. The van der Waals surface area contributed by atoms with E-state index in [-0.39, 0.29) is 5.69 Å². The second-order valence-electron chi connectivity index (χ2n) is 4.40. The summed E-state index contributed by atoms with van der Waals surface area (Å²) in [6.45, 7) is 0. The summed E-state index contributed by atoms with van der Waals surface area (Å²) in [6, 6.07) is 12.0. The molecule has 0 atom stereocenters. The van der Waals surface area contributed by atoms with Gasteiger partial charge in [0, 0.05) is 12.3 Å². The number of rotatable bonds is 4. The molecule has 0 spiro atoms. The van der Waals surface area contributed by atoms with Crippen LogP contribution in [0.2, 0.25) is 0 Å². The number of nitro groups is 1. The van der Waals surface area contributed by atoms with E-state index in [1.165, 1.54) is 23.6 Å². The van der Waals surface area contributed by atoms with Crippen molar-refractivity contribution in [3.05, 3.63) is 58.1 Å². The summed E-state index contributed by atoms with van der Waals surface area (Å²) in [7, 11) is 1.61. The molecule has 0 saturated carbocycles. The lowest BCUT2D eigenvalue weighted by molar-refractivity contribution is -0.385. The second-order valence-corrected chi connectivity index (χ2v) is 5.41. The zero-order chi connectivity index (χ0) is 15.5. The van der Waals surface area contributed by atoms with Crippen LogP contribution in [-0.2, 0) is 0 Å². The van der Waals surface area contributed by atoms with Gasteiger partial charge in [0.1, 0.15) is 5.75 Å². The Morgan fingerprint density at radius 1 is 1.32 bits per heavy atom. The van der Waals surface area contributed by atoms with Crippen LogP contribution in [0.15, 0.2) is 47.5 Å². The van der Waals surface area contributed by atoms with Gasteiger partial charge in [-0.2, -0.15) is 0 Å². The number of fused-ring (bicyclic) bond motifs is 1. The molecule has 0 aliphatic heterocycles. The van der Waals surface area contributed by atoms with Gasteiger partial charge in [0.15, 0.2) is 0 Å². The van der Waals surface area contributed by atoms with Gasteiger partial charge in [-0.3, -0.25) is 10.1 Å². The van der Waals surface area contributed by atoms with Crippen LogP contribution in [0, 0.1) is 10.1 Å². The van der Waals surface area contributed by atoms with Crippen molar-refractivity contribution in [2.45, 2.75) is 0 Å². The van der Waals surface area contributed by atoms with E-state index < -0.39 is 4.92 Å². The number of ether oxygens (including phenoxy) is 1. The zero-order valence-corrected chi connectivity index (χ0v) is 12.4. The molecule has 3 rings (SSSR count). The summed E-state index contributed by atoms with van der Waals surface area (Å²) in [6.07, 6.45) is 1.47. The molecule has 1 heterocycles. The first-order chi connectivity index (χ1) is 10.7. The van der Waals surface area contributed by atoms with Gasteiger partial charge in [0.05, 0.1) is 27.8 Å². The molecule has 0 saturated heterocycles. The molecule has 110 valence electrons. The van der Waals surface area contributed by atoms with E-state index in [1.807, 2.05) is 18.2 Å². The van der Waals surface area contributed by atoms with E-state index in [1.54, 1.807) is 25.3 Å². The fourth-order valence-corrected chi connectivity index (χ4v) is 2.80. The lowest BCUT2D eigenvalue weighted by Gasteiger charge is -1.96. The Hall–Kier alpha value is -2.80. The maximum atomic E-state index is 11.0. The molecule has 7 heteroatoms. The van der Waals surface area contributed by atoms with Crippen LogP contribution in [0.1, 0.15) is 5.56 Å². The number of nitrogens with zero attached hydrogens (tertiary/aromatic N) is 3. The third kappa shape index (κ3) is 2.79. The number of para-hydroxylation sites is 1. The van der Waals surface area contributed by atoms with Crippen molar-refractivity contribution in [2.75, 3.05) is 7.11 Å². The van der Waals surface area contributed by atoms with Crippen LogP contribution in [0.4, 0.5) is 10.8 Å². The first-order valence-electron chi connectivity index (χ1n) is 6.39. The van der Waals surface area contributed by atoms with Crippen LogP contribution in [0.5, 0.6) is 5.75 Å². The predicted molar refractivity (Wildman–Crippen MR) is 86.5 cm³/mol. The molecule has 1 aromatic heterocycles. The highest BCUT2D eigenvalue weighted by molar-refractivity contribution is 7.22. The molecule has 0 unspecified atom stereocenters. The molecule has 0 amide bonds. The van der Waals surface area contributed by atoms with Gasteiger partial charge in [-0.25, -0.2) is 9.98 Å². The quantitative estimate of drug-likeness (QED) is 0.415. The highest BCUT2D eigenvalue weighted by Crippen LogP contribution is 2.31. The van der Waals surface area contributed by atoms with E-state index >= 15 is 0 Å². The summed E-state index contributed by atoms with van der Waals surface area (Å²) < 4.78 is 6.12. The SMILES string of the molecule is COc1ccc2nc(/N=C/c3ccccc3[N+](=O)[O-])sc2c1.